The molecule has 0 fully saturated rings. The van der Waals surface area contributed by atoms with E-state index in [-0.39, 0.29) is 0 Å². The van der Waals surface area contributed by atoms with Crippen molar-refractivity contribution in [3.05, 3.63) is 24.3 Å². The van der Waals surface area contributed by atoms with Crippen LogP contribution in [-0.4, -0.2) is 27.9 Å². The Morgan fingerprint density at radius 1 is 1.11 bits per heavy atom. The number of rotatable bonds is 8. The zero-order chi connectivity index (χ0) is 14.3. The summed E-state index contributed by atoms with van der Waals surface area (Å²) >= 11 is 0. The number of hydrogen-bond acceptors (Lipinski definition) is 3. The third kappa shape index (κ3) is 5.09. The first-order valence-corrected chi connectivity index (χ1v) is 9.64. The van der Waals surface area contributed by atoms with Gasteiger partial charge in [-0.3, -0.25) is 0 Å². The monoisotopic (exact) mass is 303 g/mol. The molecule has 6 heteroatoms. The van der Waals surface area contributed by atoms with Gasteiger partial charge >= 0.3 is 0 Å². The molecule has 0 spiro atoms. The third-order valence-corrected chi connectivity index (χ3v) is 7.47. The highest BCUT2D eigenvalue weighted by Crippen LogP contribution is 2.34. The highest BCUT2D eigenvalue weighted by molar-refractivity contribution is 7.95. The topological polar surface area (TPSA) is 55.4 Å². The minimum absolute atomic E-state index is 0.299. The summed E-state index contributed by atoms with van der Waals surface area (Å²) in [6.07, 6.45) is 3.85. The Bertz CT molecular complexity index is 467. The Kier molecular flexibility index (Phi) is 6.76. The number of ether oxygens (including phenoxy) is 1. The van der Waals surface area contributed by atoms with Crippen LogP contribution in [0, 0.1) is 0 Å². The molecule has 0 saturated carbocycles. The lowest BCUT2D eigenvalue weighted by atomic mass is 10.3. The second-order valence-corrected chi connectivity index (χ2v) is 8.44. The molecular formula is C13H22NO3PS. The molecule has 19 heavy (non-hydrogen) atoms. The lowest BCUT2D eigenvalue weighted by Crippen LogP contribution is -2.21. The van der Waals surface area contributed by atoms with Crippen molar-refractivity contribution in [3.8, 4) is 5.75 Å². The summed E-state index contributed by atoms with van der Waals surface area (Å²) in [5.41, 5.74) is 0. The van der Waals surface area contributed by atoms with Crippen LogP contribution in [-0.2, 0) is 10.0 Å². The van der Waals surface area contributed by atoms with E-state index in [1.807, 2.05) is 0 Å². The first kappa shape index (κ1) is 16.4. The number of hydrogen-bond donors (Lipinski definition) is 1. The van der Waals surface area contributed by atoms with Crippen LogP contribution in [0.4, 0.5) is 0 Å². The van der Waals surface area contributed by atoms with Gasteiger partial charge in [-0.05, 0) is 44.7 Å². The lowest BCUT2D eigenvalue weighted by Gasteiger charge is -2.17. The standard InChI is InChI=1S/C13H22NO3PS/c1-4-10-18(11-5-2)14-19(15,16)13-8-6-12(17-3)7-9-13/h6-9,14H,4-5,10-11H2,1-3H3. The average Bonchev–Trinajstić information content (AvgIpc) is 2.39. The van der Waals surface area contributed by atoms with E-state index in [0.29, 0.717) is 10.6 Å². The van der Waals surface area contributed by atoms with Gasteiger partial charge in [-0.2, -0.15) is 4.49 Å². The molecule has 108 valence electrons. The van der Waals surface area contributed by atoms with Crippen molar-refractivity contribution in [2.75, 3.05) is 19.4 Å². The molecule has 1 aromatic carbocycles. The minimum atomic E-state index is -3.41. The summed E-state index contributed by atoms with van der Waals surface area (Å²) in [5, 5.41) is 0. The molecule has 4 nitrogen and oxygen atoms in total. The molecule has 0 aromatic heterocycles. The zero-order valence-electron chi connectivity index (χ0n) is 11.7. The van der Waals surface area contributed by atoms with Crippen LogP contribution in [0.5, 0.6) is 5.75 Å². The molecule has 0 saturated heterocycles. The van der Waals surface area contributed by atoms with Crippen LogP contribution < -0.4 is 9.23 Å². The largest absolute Gasteiger partial charge is 0.497 e. The van der Waals surface area contributed by atoms with E-state index in [1.54, 1.807) is 31.4 Å². The van der Waals surface area contributed by atoms with E-state index in [9.17, 15) is 8.42 Å². The molecule has 1 N–H and O–H groups in total. The fraction of sp³-hybridized carbons (Fsp3) is 0.538. The second-order valence-electron chi connectivity index (χ2n) is 4.26. The minimum Gasteiger partial charge on any atom is -0.497 e. The van der Waals surface area contributed by atoms with Crippen LogP contribution in [0.3, 0.4) is 0 Å². The predicted octanol–water partition coefficient (Wildman–Crippen LogP) is 3.19. The average molecular weight is 303 g/mol. The van der Waals surface area contributed by atoms with Gasteiger partial charge in [0.2, 0.25) is 10.0 Å². The van der Waals surface area contributed by atoms with Gasteiger partial charge < -0.3 is 4.74 Å². The second kappa shape index (κ2) is 7.83. The van der Waals surface area contributed by atoms with E-state index in [1.165, 1.54) is 0 Å². The Morgan fingerprint density at radius 2 is 1.63 bits per heavy atom. The van der Waals surface area contributed by atoms with Gasteiger partial charge in [-0.1, -0.05) is 26.7 Å². The number of benzene rings is 1. The molecule has 0 aliphatic rings. The maximum atomic E-state index is 12.3. The number of methoxy groups -OCH3 is 1. The molecule has 0 atom stereocenters. The highest BCUT2D eigenvalue weighted by Gasteiger charge is 2.18. The van der Waals surface area contributed by atoms with E-state index in [0.717, 1.165) is 25.2 Å². The number of sulfonamides is 1. The summed E-state index contributed by atoms with van der Waals surface area (Å²) in [5.74, 6) is 0.656. The first-order chi connectivity index (χ1) is 9.03. The number of nitrogens with one attached hydrogen (secondary N) is 1. The Labute approximate surface area is 117 Å². The normalized spacial score (nSPS) is 11.8. The van der Waals surface area contributed by atoms with E-state index < -0.39 is 18.1 Å². The molecule has 0 aliphatic heterocycles. The third-order valence-electron chi connectivity index (χ3n) is 2.61. The summed E-state index contributed by atoms with van der Waals surface area (Å²) in [6, 6.07) is 6.48. The molecule has 0 amide bonds. The maximum absolute atomic E-state index is 12.3. The zero-order valence-corrected chi connectivity index (χ0v) is 13.4. The lowest BCUT2D eigenvalue weighted by molar-refractivity contribution is 0.414. The van der Waals surface area contributed by atoms with Gasteiger partial charge in [0.05, 0.1) is 12.0 Å². The van der Waals surface area contributed by atoms with E-state index >= 15 is 0 Å². The van der Waals surface area contributed by atoms with Crippen molar-refractivity contribution < 1.29 is 13.2 Å². The van der Waals surface area contributed by atoms with E-state index in [4.69, 9.17) is 4.74 Å². The SMILES string of the molecule is CCCP(CCC)NS(=O)(=O)c1ccc(OC)cc1. The highest BCUT2D eigenvalue weighted by atomic mass is 32.2. The fourth-order valence-electron chi connectivity index (χ4n) is 1.72. The van der Waals surface area contributed by atoms with E-state index in [2.05, 4.69) is 18.3 Å². The van der Waals surface area contributed by atoms with Crippen molar-refractivity contribution in [2.45, 2.75) is 31.6 Å². The van der Waals surface area contributed by atoms with Crippen LogP contribution in [0.25, 0.3) is 0 Å². The van der Waals surface area contributed by atoms with Crippen LogP contribution in [0.2, 0.25) is 0 Å². The summed E-state index contributed by atoms with van der Waals surface area (Å²) in [4.78, 5) is 0.299. The summed E-state index contributed by atoms with van der Waals surface area (Å²) < 4.78 is 32.4. The van der Waals surface area contributed by atoms with Crippen molar-refractivity contribution in [2.24, 2.45) is 0 Å². The molecule has 0 radical (unpaired) electrons. The van der Waals surface area contributed by atoms with Crippen molar-refractivity contribution in [1.29, 1.82) is 0 Å². The Morgan fingerprint density at radius 3 is 2.05 bits per heavy atom. The van der Waals surface area contributed by atoms with Gasteiger partial charge in [-0.25, -0.2) is 8.42 Å². The molecule has 1 aromatic rings. The van der Waals surface area contributed by atoms with Gasteiger partial charge in [0, 0.05) is 0 Å². The Balaban J connectivity index is 2.83. The molecule has 0 heterocycles. The molecule has 1 rings (SSSR count). The van der Waals surface area contributed by atoms with Crippen LogP contribution in [0.15, 0.2) is 29.2 Å². The van der Waals surface area contributed by atoms with Crippen molar-refractivity contribution in [1.82, 2.24) is 4.49 Å². The quantitative estimate of drug-likeness (QED) is 0.750. The van der Waals surface area contributed by atoms with Crippen molar-refractivity contribution in [3.63, 3.8) is 0 Å². The summed E-state index contributed by atoms with van der Waals surface area (Å²) in [6.45, 7) is 4.15. The predicted molar refractivity (Wildman–Crippen MR) is 80.6 cm³/mol. The molecular weight excluding hydrogens is 281 g/mol. The van der Waals surface area contributed by atoms with Gasteiger partial charge in [0.1, 0.15) is 5.75 Å². The van der Waals surface area contributed by atoms with Crippen LogP contribution >= 0.6 is 8.07 Å². The first-order valence-electron chi connectivity index (χ1n) is 6.45. The fourth-order valence-corrected chi connectivity index (χ4v) is 6.03. The van der Waals surface area contributed by atoms with Crippen molar-refractivity contribution >= 4 is 18.1 Å². The molecule has 0 aliphatic carbocycles. The molecule has 0 unspecified atom stereocenters. The smallest absolute Gasteiger partial charge is 0.243 e. The van der Waals surface area contributed by atoms with Crippen LogP contribution in [0.1, 0.15) is 26.7 Å². The van der Waals surface area contributed by atoms with Gasteiger partial charge in [-0.15, -0.1) is 0 Å². The van der Waals surface area contributed by atoms with Gasteiger partial charge in [0.25, 0.3) is 0 Å². The maximum Gasteiger partial charge on any atom is 0.243 e. The molecule has 0 bridgehead atoms. The summed E-state index contributed by atoms with van der Waals surface area (Å²) in [7, 11) is -2.50. The van der Waals surface area contributed by atoms with Gasteiger partial charge in [0.15, 0.2) is 0 Å². The Hall–Kier alpha value is -0.640.